The minimum Gasteiger partial charge on any atom is -0.504 e. The zero-order chi connectivity index (χ0) is 18.6. The van der Waals surface area contributed by atoms with Crippen molar-refractivity contribution in [3.8, 4) is 17.2 Å². The number of hydrogen-bond acceptors (Lipinski definition) is 7. The van der Waals surface area contributed by atoms with Crippen LogP contribution in [0.4, 0.5) is 0 Å². The molecule has 0 saturated heterocycles. The van der Waals surface area contributed by atoms with Gasteiger partial charge in [-0.3, -0.25) is 4.79 Å². The molecule has 0 fully saturated rings. The molecule has 2 aromatic carbocycles. The smallest absolute Gasteiger partial charge is 0.204 e. The Hall–Kier alpha value is -2.77. The van der Waals surface area contributed by atoms with Gasteiger partial charge < -0.3 is 29.2 Å². The first-order valence-corrected chi connectivity index (χ1v) is 8.15. The van der Waals surface area contributed by atoms with Crippen molar-refractivity contribution in [1.82, 2.24) is 0 Å². The number of phenols is 1. The summed E-state index contributed by atoms with van der Waals surface area (Å²) in [5, 5.41) is 30.3. The molecule has 0 spiro atoms. The van der Waals surface area contributed by atoms with Gasteiger partial charge in [-0.2, -0.15) is 0 Å². The number of aliphatic hydroxyl groups is 2. The van der Waals surface area contributed by atoms with Gasteiger partial charge in [-0.15, -0.1) is 0 Å². The predicted molar refractivity (Wildman–Crippen MR) is 94.0 cm³/mol. The zero-order valence-corrected chi connectivity index (χ0v) is 14.3. The second kappa shape index (κ2) is 5.62. The molecular formula is C19H18O7. The highest BCUT2D eigenvalue weighted by atomic mass is 16.5. The lowest BCUT2D eigenvalue weighted by Crippen LogP contribution is -2.45. The molecule has 1 aromatic heterocycles. The van der Waals surface area contributed by atoms with Crippen LogP contribution in [0.15, 0.2) is 33.5 Å². The Labute approximate surface area is 148 Å². The Bertz CT molecular complexity index is 1080. The number of para-hydroxylation sites is 1. The molecule has 1 aliphatic heterocycles. The third kappa shape index (κ3) is 2.24. The summed E-state index contributed by atoms with van der Waals surface area (Å²) >= 11 is 0. The number of phenolic OH excluding ortho intramolecular Hbond substituents is 1. The lowest BCUT2D eigenvalue weighted by atomic mass is 9.95. The SMILES string of the molecule is COc1cc2c(c3oc4c(O)cccc4c(=O)c13)CC(C(C)(O)CO)O2. The Morgan fingerprint density at radius 1 is 1.35 bits per heavy atom. The highest BCUT2D eigenvalue weighted by molar-refractivity contribution is 5.97. The van der Waals surface area contributed by atoms with Gasteiger partial charge in [0.15, 0.2) is 11.3 Å². The molecule has 3 N–H and O–H groups in total. The molecule has 7 nitrogen and oxygen atoms in total. The second-order valence-electron chi connectivity index (χ2n) is 6.67. The van der Waals surface area contributed by atoms with Crippen molar-refractivity contribution >= 4 is 21.9 Å². The van der Waals surface area contributed by atoms with E-state index in [2.05, 4.69) is 0 Å². The first-order valence-electron chi connectivity index (χ1n) is 8.15. The van der Waals surface area contributed by atoms with Crippen molar-refractivity contribution in [2.75, 3.05) is 13.7 Å². The van der Waals surface area contributed by atoms with Crippen molar-refractivity contribution < 1.29 is 29.2 Å². The van der Waals surface area contributed by atoms with Gasteiger partial charge in [0, 0.05) is 18.1 Å². The fourth-order valence-corrected chi connectivity index (χ4v) is 3.32. The quantitative estimate of drug-likeness (QED) is 0.612. The summed E-state index contributed by atoms with van der Waals surface area (Å²) < 4.78 is 17.0. The molecule has 26 heavy (non-hydrogen) atoms. The third-order valence-corrected chi connectivity index (χ3v) is 4.87. The van der Waals surface area contributed by atoms with Crippen molar-refractivity contribution in [2.45, 2.75) is 25.0 Å². The summed E-state index contributed by atoms with van der Waals surface area (Å²) in [6.07, 6.45) is -0.464. The summed E-state index contributed by atoms with van der Waals surface area (Å²) in [5.74, 6) is 0.545. The maximum Gasteiger partial charge on any atom is 0.204 e. The van der Waals surface area contributed by atoms with Crippen LogP contribution in [0.3, 0.4) is 0 Å². The lowest BCUT2D eigenvalue weighted by Gasteiger charge is -2.26. The second-order valence-corrected chi connectivity index (χ2v) is 6.67. The molecular weight excluding hydrogens is 340 g/mol. The van der Waals surface area contributed by atoms with E-state index in [1.165, 1.54) is 20.1 Å². The lowest BCUT2D eigenvalue weighted by molar-refractivity contribution is -0.0729. The summed E-state index contributed by atoms with van der Waals surface area (Å²) in [4.78, 5) is 13.0. The number of aromatic hydroxyl groups is 1. The first-order chi connectivity index (χ1) is 12.4. The van der Waals surface area contributed by atoms with Gasteiger partial charge >= 0.3 is 0 Å². The molecule has 136 valence electrons. The molecule has 0 aliphatic carbocycles. The fourth-order valence-electron chi connectivity index (χ4n) is 3.32. The van der Waals surface area contributed by atoms with Crippen LogP contribution >= 0.6 is 0 Å². The largest absolute Gasteiger partial charge is 0.504 e. The van der Waals surface area contributed by atoms with Crippen LogP contribution in [-0.2, 0) is 6.42 Å². The van der Waals surface area contributed by atoms with Crippen LogP contribution in [-0.4, -0.2) is 40.7 Å². The van der Waals surface area contributed by atoms with E-state index in [1.54, 1.807) is 18.2 Å². The average molecular weight is 358 g/mol. The Morgan fingerprint density at radius 2 is 2.12 bits per heavy atom. The van der Waals surface area contributed by atoms with E-state index >= 15 is 0 Å². The normalized spacial score (nSPS) is 18.5. The number of ether oxygens (including phenoxy) is 2. The van der Waals surface area contributed by atoms with Gasteiger partial charge in [-0.25, -0.2) is 0 Å². The molecule has 0 amide bonds. The topological polar surface area (TPSA) is 109 Å². The van der Waals surface area contributed by atoms with Crippen LogP contribution < -0.4 is 14.9 Å². The van der Waals surface area contributed by atoms with Gasteiger partial charge in [0.05, 0.1) is 19.1 Å². The summed E-state index contributed by atoms with van der Waals surface area (Å²) in [7, 11) is 1.43. The molecule has 2 heterocycles. The molecule has 0 saturated carbocycles. The minimum atomic E-state index is -1.46. The van der Waals surface area contributed by atoms with Crippen LogP contribution in [0.2, 0.25) is 0 Å². The highest BCUT2D eigenvalue weighted by Crippen LogP contribution is 2.43. The van der Waals surface area contributed by atoms with E-state index in [-0.39, 0.29) is 45.3 Å². The molecule has 0 radical (unpaired) electrons. The Morgan fingerprint density at radius 3 is 2.81 bits per heavy atom. The number of rotatable bonds is 3. The third-order valence-electron chi connectivity index (χ3n) is 4.87. The van der Waals surface area contributed by atoms with Crippen molar-refractivity contribution in [2.24, 2.45) is 0 Å². The summed E-state index contributed by atoms with van der Waals surface area (Å²) in [6.45, 7) is 0.995. The average Bonchev–Trinajstić information content (AvgIpc) is 3.07. The van der Waals surface area contributed by atoms with Crippen molar-refractivity contribution in [3.05, 3.63) is 40.1 Å². The van der Waals surface area contributed by atoms with Crippen LogP contribution in [0, 0.1) is 0 Å². The van der Waals surface area contributed by atoms with E-state index in [0.717, 1.165) is 0 Å². The van der Waals surface area contributed by atoms with Gasteiger partial charge in [-0.05, 0) is 19.1 Å². The number of benzene rings is 2. The Balaban J connectivity index is 2.06. The number of aliphatic hydroxyl groups excluding tert-OH is 1. The number of hydrogen-bond donors (Lipinski definition) is 3. The van der Waals surface area contributed by atoms with Gasteiger partial charge in [0.2, 0.25) is 5.43 Å². The monoisotopic (exact) mass is 358 g/mol. The molecule has 1 aliphatic rings. The zero-order valence-electron chi connectivity index (χ0n) is 14.3. The highest BCUT2D eigenvalue weighted by Gasteiger charge is 2.40. The van der Waals surface area contributed by atoms with Crippen molar-refractivity contribution in [3.63, 3.8) is 0 Å². The van der Waals surface area contributed by atoms with E-state index < -0.39 is 18.3 Å². The van der Waals surface area contributed by atoms with E-state index in [4.69, 9.17) is 13.9 Å². The van der Waals surface area contributed by atoms with E-state index in [0.29, 0.717) is 11.3 Å². The van der Waals surface area contributed by atoms with Gasteiger partial charge in [-0.1, -0.05) is 6.07 Å². The predicted octanol–water partition coefficient (Wildman–Crippen LogP) is 1.71. The first kappa shape index (κ1) is 16.7. The van der Waals surface area contributed by atoms with E-state index in [1.807, 2.05) is 0 Å². The standard InChI is InChI=1S/C19H18O7/c1-19(23,8-20)14-6-10-12(25-14)7-13(24-2)15-16(22)9-4-3-5-11(21)17(9)26-18(10)15/h3-5,7,14,20-21,23H,6,8H2,1-2H3. The van der Waals surface area contributed by atoms with Crippen molar-refractivity contribution in [1.29, 1.82) is 0 Å². The van der Waals surface area contributed by atoms with E-state index in [9.17, 15) is 20.1 Å². The van der Waals surface area contributed by atoms with Crippen LogP contribution in [0.25, 0.3) is 21.9 Å². The number of methoxy groups -OCH3 is 1. The van der Waals surface area contributed by atoms with Gasteiger partial charge in [0.1, 0.15) is 34.2 Å². The maximum atomic E-state index is 13.0. The molecule has 2 unspecified atom stereocenters. The minimum absolute atomic E-state index is 0.0813. The van der Waals surface area contributed by atoms with Crippen LogP contribution in [0.5, 0.6) is 17.2 Å². The molecule has 2 atom stereocenters. The summed E-state index contributed by atoms with van der Waals surface area (Å²) in [6, 6.07) is 6.16. The van der Waals surface area contributed by atoms with Crippen LogP contribution in [0.1, 0.15) is 12.5 Å². The number of fused-ring (bicyclic) bond motifs is 4. The maximum absolute atomic E-state index is 13.0. The Kier molecular flexibility index (Phi) is 3.61. The van der Waals surface area contributed by atoms with Gasteiger partial charge in [0.25, 0.3) is 0 Å². The molecule has 0 bridgehead atoms. The molecule has 3 aromatic rings. The summed E-state index contributed by atoms with van der Waals surface area (Å²) in [5.41, 5.74) is -0.874. The molecule has 4 rings (SSSR count). The molecule has 7 heteroatoms. The fraction of sp³-hybridized carbons (Fsp3) is 0.316.